The third-order valence-corrected chi connectivity index (χ3v) is 22.9. The molecule has 0 radical (unpaired) electrons. The van der Waals surface area contributed by atoms with E-state index < -0.39 is 67.5 Å². The second-order valence-electron chi connectivity index (χ2n) is 30.8. The van der Waals surface area contributed by atoms with Crippen molar-refractivity contribution in [3.05, 3.63) is 150 Å². The molecule has 0 spiro atoms. The number of nitrogens with zero attached hydrogens (tertiary/aromatic N) is 1. The van der Waals surface area contributed by atoms with Gasteiger partial charge >= 0.3 is 30.1 Å². The van der Waals surface area contributed by atoms with Gasteiger partial charge in [0, 0.05) is 18.8 Å². The average molecular weight is 1390 g/mol. The number of hydrogen-bond donors (Lipinski definition) is 1. The van der Waals surface area contributed by atoms with Crippen molar-refractivity contribution >= 4 is 44.9 Å². The fourth-order valence-corrected chi connectivity index (χ4v) is 15.2. The second kappa shape index (κ2) is 33.7. The summed E-state index contributed by atoms with van der Waals surface area (Å²) in [5.74, 6) is -2.70. The fourth-order valence-electron chi connectivity index (χ4n) is 12.5. The first kappa shape index (κ1) is 81.4. The zero-order valence-electron chi connectivity index (χ0n) is 60.7. The van der Waals surface area contributed by atoms with E-state index in [1.54, 1.807) is 38.4 Å². The molecule has 1 heterocycles. The van der Waals surface area contributed by atoms with E-state index in [9.17, 15) is 45.3 Å². The Bertz CT molecular complexity index is 3360. The van der Waals surface area contributed by atoms with Gasteiger partial charge in [-0.05, 0) is 246 Å². The maximum atomic E-state index is 13.3. The van der Waals surface area contributed by atoms with E-state index in [0.717, 1.165) is 44.1 Å². The van der Waals surface area contributed by atoms with Crippen LogP contribution in [0.5, 0.6) is 5.75 Å². The molecule has 5 saturated carbocycles. The molecule has 0 saturated heterocycles. The summed E-state index contributed by atoms with van der Waals surface area (Å²) in [6.45, 7) is 34.1. The first-order chi connectivity index (χ1) is 45.0. The van der Waals surface area contributed by atoms with Crippen LogP contribution in [-0.4, -0.2) is 76.2 Å². The van der Waals surface area contributed by atoms with Gasteiger partial charge in [0.2, 0.25) is 6.10 Å². The molecule has 10 rings (SSSR count). The Balaban J connectivity index is 0.000000229. The highest BCUT2D eigenvalue weighted by molar-refractivity contribution is 7.97. The van der Waals surface area contributed by atoms with Crippen LogP contribution >= 0.6 is 0 Å². The molecule has 4 bridgehead atoms. The van der Waals surface area contributed by atoms with Gasteiger partial charge in [-0.1, -0.05) is 122 Å². The predicted octanol–water partition coefficient (Wildman–Crippen LogP) is 19.3. The summed E-state index contributed by atoms with van der Waals surface area (Å²) < 4.78 is 94.3. The maximum absolute atomic E-state index is 13.3. The van der Waals surface area contributed by atoms with Gasteiger partial charge in [-0.3, -0.25) is 24.2 Å². The van der Waals surface area contributed by atoms with Crippen LogP contribution in [0.15, 0.2) is 148 Å². The van der Waals surface area contributed by atoms with E-state index in [0.29, 0.717) is 43.8 Å². The summed E-state index contributed by atoms with van der Waals surface area (Å²) >= 11 is 0. The zero-order valence-corrected chi connectivity index (χ0v) is 62.3. The van der Waals surface area contributed by atoms with Crippen LogP contribution in [0.25, 0.3) is 0 Å². The molecule has 5 aliphatic carbocycles. The second-order valence-corrected chi connectivity index (χ2v) is 34.3. The molecule has 1 N–H and O–H groups in total. The van der Waals surface area contributed by atoms with Crippen molar-refractivity contribution in [2.45, 2.75) is 269 Å². The summed E-state index contributed by atoms with van der Waals surface area (Å²) in [7, 11) is -5.32. The van der Waals surface area contributed by atoms with Gasteiger partial charge in [0.15, 0.2) is 14.7 Å². The third-order valence-electron chi connectivity index (χ3n) is 20.0. The molecular weight excluding hydrogens is 1280 g/mol. The Morgan fingerprint density at radius 3 is 1.51 bits per heavy atom. The van der Waals surface area contributed by atoms with Crippen molar-refractivity contribution in [3.63, 3.8) is 0 Å². The quantitative estimate of drug-likeness (QED) is 0.0355. The number of phenolic OH excluding ortho intramolecular Hbond substituents is 1. The van der Waals surface area contributed by atoms with Crippen molar-refractivity contribution in [3.8, 4) is 5.75 Å². The van der Waals surface area contributed by atoms with Crippen molar-refractivity contribution < 1.29 is 69.4 Å². The topological polar surface area (TPSA) is 196 Å². The maximum Gasteiger partial charge on any atom is 0.426 e. The number of carbonyl (C=O) groups is 4. The molecular formula is C79H110F3NO12S2. The van der Waals surface area contributed by atoms with E-state index in [1.165, 1.54) is 45.1 Å². The monoisotopic (exact) mass is 1390 g/mol. The number of ether oxygens (including phenoxy) is 4. The minimum atomic E-state index is -5.27. The molecule has 4 aromatic carbocycles. The molecule has 4 atom stereocenters. The molecule has 18 heteroatoms. The summed E-state index contributed by atoms with van der Waals surface area (Å²) in [6, 6.07) is 41.9. The van der Waals surface area contributed by atoms with Gasteiger partial charge in [0.1, 0.15) is 22.6 Å². The molecule has 536 valence electrons. The van der Waals surface area contributed by atoms with E-state index >= 15 is 0 Å². The normalized spacial score (nSPS) is 20.4. The van der Waals surface area contributed by atoms with Gasteiger partial charge in [-0.25, -0.2) is 8.42 Å². The number of esters is 4. The summed E-state index contributed by atoms with van der Waals surface area (Å²) in [5, 5.41) is 9.01. The molecule has 1 aromatic heterocycles. The van der Waals surface area contributed by atoms with Gasteiger partial charge in [-0.2, -0.15) is 13.2 Å². The van der Waals surface area contributed by atoms with Gasteiger partial charge < -0.3 is 28.6 Å². The number of alkyl halides is 3. The molecule has 5 aliphatic rings. The number of carbonyl (C=O) groups excluding carboxylic acids is 4. The number of hydrogen-bond acceptors (Lipinski definition) is 13. The summed E-state index contributed by atoms with van der Waals surface area (Å²) in [4.78, 5) is 57.7. The number of pyridine rings is 1. The van der Waals surface area contributed by atoms with Crippen LogP contribution in [-0.2, 0) is 70.2 Å². The van der Waals surface area contributed by atoms with E-state index in [2.05, 4.69) is 136 Å². The molecule has 5 fully saturated rings. The number of aromatic nitrogens is 1. The van der Waals surface area contributed by atoms with E-state index in [1.807, 2.05) is 86.6 Å². The standard InChI is InChI=1S/C22H23S.C20H29F3O7S.C14H21NO2.C13H24O2.C10H14O/c1-22(2,3)18-14-16-21(17-15-18)23(19-10-6-4-7-11-19)20-12-8-5-9-13-20;1-4-17(2,3)15(24)30-19-8-12-5-13(9-19)7-18(6-12,11-19)16(25)29-14(20(21,22)23)10-31(26,27)28;1-6-13(2,3)12(16)17-14(4,5)11-7-9-15-10-8-11;1-5-12(2,3)11(14)15-13(4)9-7-6-8-10-13;1-3-8(2)9-4-6-10(11)7-5-9/h4-17H,1-3H3;12-14H,4-11H2,1-3H3,(H,26,27,28);7-10H,6H2,1-5H3;5-10H2,1-4H3;4-8,11H,3H2,1-2H3/q+1;;;;/p-1. The number of halogens is 3. The van der Waals surface area contributed by atoms with Crippen LogP contribution in [0, 0.1) is 33.5 Å². The number of benzene rings is 4. The molecule has 97 heavy (non-hydrogen) atoms. The highest BCUT2D eigenvalue weighted by Crippen LogP contribution is 2.64. The first-order valence-corrected chi connectivity index (χ1v) is 37.3. The molecule has 0 aliphatic heterocycles. The minimum absolute atomic E-state index is 0.00100. The van der Waals surface area contributed by atoms with Crippen molar-refractivity contribution in [2.24, 2.45) is 33.5 Å². The van der Waals surface area contributed by atoms with Crippen LogP contribution in [0.3, 0.4) is 0 Å². The Labute approximate surface area is 580 Å². The predicted molar refractivity (Wildman–Crippen MR) is 377 cm³/mol. The Kier molecular flexibility index (Phi) is 28.3. The zero-order chi connectivity index (χ0) is 72.6. The van der Waals surface area contributed by atoms with Gasteiger partial charge in [0.05, 0.1) is 48.4 Å². The molecule has 13 nitrogen and oxygen atoms in total. The third kappa shape index (κ3) is 23.7. The number of aromatic hydroxyl groups is 1. The molecule has 0 amide bonds. The van der Waals surface area contributed by atoms with Crippen molar-refractivity contribution in [2.75, 3.05) is 5.75 Å². The lowest BCUT2D eigenvalue weighted by atomic mass is 9.48. The van der Waals surface area contributed by atoms with E-state index in [-0.39, 0.29) is 57.5 Å². The Morgan fingerprint density at radius 1 is 0.619 bits per heavy atom. The fraction of sp³-hybridized carbons (Fsp3) is 0.582. The largest absolute Gasteiger partial charge is 0.748 e. The van der Waals surface area contributed by atoms with Crippen LogP contribution in [0.4, 0.5) is 13.2 Å². The van der Waals surface area contributed by atoms with E-state index in [4.69, 9.17) is 19.3 Å². The van der Waals surface area contributed by atoms with Crippen LogP contribution < -0.4 is 0 Å². The number of phenols is 1. The van der Waals surface area contributed by atoms with Crippen molar-refractivity contribution in [1.29, 1.82) is 0 Å². The lowest BCUT2D eigenvalue weighted by Gasteiger charge is -2.60. The van der Waals surface area contributed by atoms with Gasteiger partial charge in [0.25, 0.3) is 0 Å². The van der Waals surface area contributed by atoms with Crippen molar-refractivity contribution in [1.82, 2.24) is 4.98 Å². The number of rotatable bonds is 19. The molecule has 4 unspecified atom stereocenters. The smallest absolute Gasteiger partial charge is 0.426 e. The van der Waals surface area contributed by atoms with Gasteiger partial charge in [-0.15, -0.1) is 0 Å². The average Bonchev–Trinajstić information content (AvgIpc) is 0.715. The first-order valence-electron chi connectivity index (χ1n) is 34.5. The lowest BCUT2D eigenvalue weighted by Crippen LogP contribution is -2.61. The Morgan fingerprint density at radius 2 is 1.07 bits per heavy atom. The van der Waals surface area contributed by atoms with Crippen LogP contribution in [0.1, 0.15) is 237 Å². The highest BCUT2D eigenvalue weighted by Gasteiger charge is 2.64. The lowest BCUT2D eigenvalue weighted by molar-refractivity contribution is -0.239. The highest BCUT2D eigenvalue weighted by atomic mass is 32.2. The molecule has 5 aromatic rings. The van der Waals surface area contributed by atoms with Crippen LogP contribution in [0.2, 0.25) is 0 Å². The Hall–Kier alpha value is -6.24. The SMILES string of the molecule is CC(C)(C)c1ccc([S+](c2ccccc2)c2ccccc2)cc1.CCC(C)(C)C(=O)OC(C)(C)c1ccncc1.CCC(C)(C)C(=O)OC1(C)CCCCC1.CCC(C)(C)C(=O)OC12CC3CC(C1)CC(C(=O)OC(CS(=O)(=O)[O-])C(F)(F)F)(C3)C2.CCC(C)c1ccc(O)cc1. The summed E-state index contributed by atoms with van der Waals surface area (Å²) in [6.07, 6.45) is 6.72. The minimum Gasteiger partial charge on any atom is -0.748 e. The summed E-state index contributed by atoms with van der Waals surface area (Å²) in [5.41, 5.74) is -0.720.